The molecule has 0 atom stereocenters. The molecular formula is C16H15F3N2O4S. The summed E-state index contributed by atoms with van der Waals surface area (Å²) in [5, 5.41) is 2.18. The number of rotatable bonds is 5. The van der Waals surface area contributed by atoms with Crippen LogP contribution in [0.25, 0.3) is 0 Å². The van der Waals surface area contributed by atoms with E-state index in [0.29, 0.717) is 24.7 Å². The third kappa shape index (κ3) is 4.31. The molecule has 0 spiro atoms. The smallest absolute Gasteiger partial charge is 0.405 e. The number of sulfonamides is 1. The molecule has 0 saturated carbocycles. The van der Waals surface area contributed by atoms with Crippen molar-refractivity contribution in [1.82, 2.24) is 0 Å². The SMILES string of the molecule is O=S(=O)(Nc1ccccc1NCC(F)(F)F)c1ccc2c(c1)OCCO2. The molecule has 0 aliphatic carbocycles. The van der Waals surface area contributed by atoms with Crippen LogP contribution in [-0.4, -0.2) is 34.4 Å². The molecule has 2 aromatic carbocycles. The Balaban J connectivity index is 1.84. The molecule has 0 bridgehead atoms. The minimum atomic E-state index is -4.43. The van der Waals surface area contributed by atoms with E-state index >= 15 is 0 Å². The quantitative estimate of drug-likeness (QED) is 0.823. The first-order chi connectivity index (χ1) is 12.2. The van der Waals surface area contributed by atoms with E-state index in [4.69, 9.17) is 9.47 Å². The molecule has 26 heavy (non-hydrogen) atoms. The summed E-state index contributed by atoms with van der Waals surface area (Å²) < 4.78 is 75.4. The highest BCUT2D eigenvalue weighted by Crippen LogP contribution is 2.33. The molecule has 0 saturated heterocycles. The van der Waals surface area contributed by atoms with Gasteiger partial charge in [-0.1, -0.05) is 12.1 Å². The lowest BCUT2D eigenvalue weighted by atomic mass is 10.3. The molecule has 2 aromatic rings. The molecular weight excluding hydrogens is 373 g/mol. The van der Waals surface area contributed by atoms with Crippen LogP contribution in [0.4, 0.5) is 24.5 Å². The highest BCUT2D eigenvalue weighted by molar-refractivity contribution is 7.92. The molecule has 0 unspecified atom stereocenters. The molecule has 1 heterocycles. The van der Waals surface area contributed by atoms with Crippen molar-refractivity contribution >= 4 is 21.4 Å². The highest BCUT2D eigenvalue weighted by Gasteiger charge is 2.27. The van der Waals surface area contributed by atoms with Gasteiger partial charge in [-0.15, -0.1) is 0 Å². The van der Waals surface area contributed by atoms with Gasteiger partial charge >= 0.3 is 6.18 Å². The zero-order valence-corrected chi connectivity index (χ0v) is 14.2. The molecule has 0 radical (unpaired) electrons. The van der Waals surface area contributed by atoms with Gasteiger partial charge in [0.1, 0.15) is 19.8 Å². The van der Waals surface area contributed by atoms with E-state index in [0.717, 1.165) is 0 Å². The second-order valence-corrected chi connectivity index (χ2v) is 7.11. The van der Waals surface area contributed by atoms with Crippen LogP contribution < -0.4 is 19.5 Å². The van der Waals surface area contributed by atoms with Crippen LogP contribution >= 0.6 is 0 Å². The van der Waals surface area contributed by atoms with Gasteiger partial charge in [-0.25, -0.2) is 8.42 Å². The monoisotopic (exact) mass is 388 g/mol. The van der Waals surface area contributed by atoms with Crippen LogP contribution in [0.15, 0.2) is 47.4 Å². The van der Waals surface area contributed by atoms with Crippen molar-refractivity contribution in [3.63, 3.8) is 0 Å². The summed E-state index contributed by atoms with van der Waals surface area (Å²) in [5.74, 6) is 0.727. The summed E-state index contributed by atoms with van der Waals surface area (Å²) >= 11 is 0. The van der Waals surface area contributed by atoms with E-state index in [9.17, 15) is 21.6 Å². The standard InChI is InChI=1S/C16H15F3N2O4S/c17-16(18,19)10-20-12-3-1-2-4-13(12)21-26(22,23)11-5-6-14-15(9-11)25-8-7-24-14/h1-6,9,20-21H,7-8,10H2. The van der Waals surface area contributed by atoms with Gasteiger partial charge in [0.2, 0.25) is 0 Å². The third-order valence-electron chi connectivity index (χ3n) is 3.47. The first-order valence-corrected chi connectivity index (χ1v) is 9.05. The summed E-state index contributed by atoms with van der Waals surface area (Å²) in [6.07, 6.45) is -4.43. The maximum absolute atomic E-state index is 12.6. The predicted octanol–water partition coefficient (Wildman–Crippen LogP) is 3.23. The molecule has 0 aromatic heterocycles. The first kappa shape index (κ1) is 18.2. The fourth-order valence-electron chi connectivity index (χ4n) is 2.32. The van der Waals surface area contributed by atoms with Crippen LogP contribution in [0.3, 0.4) is 0 Å². The molecule has 10 heteroatoms. The van der Waals surface area contributed by atoms with E-state index in [2.05, 4.69) is 10.0 Å². The fraction of sp³-hybridized carbons (Fsp3) is 0.250. The average Bonchev–Trinajstić information content (AvgIpc) is 2.59. The lowest BCUT2D eigenvalue weighted by Crippen LogP contribution is -2.22. The number of fused-ring (bicyclic) bond motifs is 1. The maximum Gasteiger partial charge on any atom is 0.405 e. The van der Waals surface area contributed by atoms with Crippen molar-refractivity contribution in [2.45, 2.75) is 11.1 Å². The Kier molecular flexibility index (Phi) is 4.86. The topological polar surface area (TPSA) is 76.7 Å². The minimum Gasteiger partial charge on any atom is -0.486 e. The van der Waals surface area contributed by atoms with E-state index < -0.39 is 22.7 Å². The third-order valence-corrected chi connectivity index (χ3v) is 4.84. The summed E-state index contributed by atoms with van der Waals surface area (Å²) in [6, 6.07) is 9.85. The van der Waals surface area contributed by atoms with Crippen LogP contribution in [-0.2, 0) is 10.0 Å². The number of halogens is 3. The largest absolute Gasteiger partial charge is 0.486 e. The Morgan fingerprint density at radius 1 is 0.962 bits per heavy atom. The minimum absolute atomic E-state index is 0.00615. The van der Waals surface area contributed by atoms with Crippen molar-refractivity contribution in [2.24, 2.45) is 0 Å². The first-order valence-electron chi connectivity index (χ1n) is 7.57. The van der Waals surface area contributed by atoms with Crippen LogP contribution in [0.1, 0.15) is 0 Å². The van der Waals surface area contributed by atoms with Gasteiger partial charge in [0, 0.05) is 6.07 Å². The Labute approximate surface area is 148 Å². The van der Waals surface area contributed by atoms with Crippen LogP contribution in [0.5, 0.6) is 11.5 Å². The second-order valence-electron chi connectivity index (χ2n) is 5.43. The Morgan fingerprint density at radius 2 is 1.62 bits per heavy atom. The predicted molar refractivity (Wildman–Crippen MR) is 89.2 cm³/mol. The van der Waals surface area contributed by atoms with E-state index in [1.165, 1.54) is 42.5 Å². The number of nitrogens with one attached hydrogen (secondary N) is 2. The molecule has 1 aliphatic heterocycles. The van der Waals surface area contributed by atoms with Gasteiger partial charge in [0.15, 0.2) is 11.5 Å². The highest BCUT2D eigenvalue weighted by atomic mass is 32.2. The van der Waals surface area contributed by atoms with Crippen molar-refractivity contribution < 1.29 is 31.1 Å². The van der Waals surface area contributed by atoms with Gasteiger partial charge in [-0.05, 0) is 24.3 Å². The van der Waals surface area contributed by atoms with Crippen molar-refractivity contribution in [1.29, 1.82) is 0 Å². The summed E-state index contributed by atoms with van der Waals surface area (Å²) in [7, 11) is -4.03. The summed E-state index contributed by atoms with van der Waals surface area (Å²) in [6.45, 7) is -0.612. The Morgan fingerprint density at radius 3 is 2.31 bits per heavy atom. The number of hydrogen-bond donors (Lipinski definition) is 2. The molecule has 140 valence electrons. The zero-order chi connectivity index (χ0) is 18.8. The van der Waals surface area contributed by atoms with Crippen LogP contribution in [0.2, 0.25) is 0 Å². The van der Waals surface area contributed by atoms with E-state index in [-0.39, 0.29) is 16.3 Å². The maximum atomic E-state index is 12.6. The van der Waals surface area contributed by atoms with Gasteiger partial charge in [0.05, 0.1) is 16.3 Å². The number of ether oxygens (including phenoxy) is 2. The number of benzene rings is 2. The number of alkyl halides is 3. The number of hydrogen-bond acceptors (Lipinski definition) is 5. The number of para-hydroxylation sites is 2. The molecule has 3 rings (SSSR count). The average molecular weight is 388 g/mol. The fourth-order valence-corrected chi connectivity index (χ4v) is 3.41. The van der Waals surface area contributed by atoms with Crippen molar-refractivity contribution in [2.75, 3.05) is 29.8 Å². The summed E-state index contributed by atoms with van der Waals surface area (Å²) in [4.78, 5) is -0.0904. The number of anilines is 2. The van der Waals surface area contributed by atoms with Crippen molar-refractivity contribution in [3.8, 4) is 11.5 Å². The Hall–Kier alpha value is -2.62. The molecule has 0 amide bonds. The van der Waals surface area contributed by atoms with Gasteiger partial charge in [0.25, 0.3) is 10.0 Å². The van der Waals surface area contributed by atoms with E-state index in [1.54, 1.807) is 0 Å². The van der Waals surface area contributed by atoms with E-state index in [1.807, 2.05) is 0 Å². The summed E-state index contributed by atoms with van der Waals surface area (Å²) in [5.41, 5.74) is 0.0255. The second kappa shape index (κ2) is 6.94. The van der Waals surface area contributed by atoms with Gasteiger partial charge in [-0.3, -0.25) is 4.72 Å². The van der Waals surface area contributed by atoms with Gasteiger partial charge < -0.3 is 14.8 Å². The lowest BCUT2D eigenvalue weighted by Gasteiger charge is -2.19. The molecule has 6 nitrogen and oxygen atoms in total. The van der Waals surface area contributed by atoms with Crippen LogP contribution in [0, 0.1) is 0 Å². The molecule has 2 N–H and O–H groups in total. The molecule has 1 aliphatic rings. The Bertz CT molecular complexity index is 901. The lowest BCUT2D eigenvalue weighted by molar-refractivity contribution is -0.115. The molecule has 0 fully saturated rings. The van der Waals surface area contributed by atoms with Gasteiger partial charge in [-0.2, -0.15) is 13.2 Å². The van der Waals surface area contributed by atoms with Crippen molar-refractivity contribution in [3.05, 3.63) is 42.5 Å². The normalized spacial score (nSPS) is 14.0. The zero-order valence-electron chi connectivity index (χ0n) is 13.3.